The Hall–Kier alpha value is -2.78. The molecule has 1 saturated heterocycles. The quantitative estimate of drug-likeness (QED) is 0.883. The van der Waals surface area contributed by atoms with Gasteiger partial charge in [0.05, 0.1) is 7.11 Å². The molecule has 0 amide bonds. The third-order valence-corrected chi connectivity index (χ3v) is 3.66. The molecule has 0 bridgehead atoms. The lowest BCUT2D eigenvalue weighted by molar-refractivity contribution is 0.146. The van der Waals surface area contributed by atoms with Crippen molar-refractivity contribution in [1.29, 1.82) is 0 Å². The van der Waals surface area contributed by atoms with Crippen molar-refractivity contribution >= 4 is 11.9 Å². The maximum atomic E-state index is 12.8. The summed E-state index contributed by atoms with van der Waals surface area (Å²) in [7, 11) is 1.53. The summed E-state index contributed by atoms with van der Waals surface area (Å²) in [6, 6.07) is 2.47. The van der Waals surface area contributed by atoms with Crippen molar-refractivity contribution < 1.29 is 13.5 Å². The number of piperazine rings is 1. The van der Waals surface area contributed by atoms with Crippen LogP contribution >= 0.6 is 0 Å². The fourth-order valence-corrected chi connectivity index (χ4v) is 2.44. The van der Waals surface area contributed by atoms with E-state index in [1.54, 1.807) is 17.2 Å². The second-order valence-electron chi connectivity index (χ2n) is 5.17. The summed E-state index contributed by atoms with van der Waals surface area (Å²) in [6.45, 7) is 2.12. The topological polar surface area (TPSA) is 87.2 Å². The molecule has 10 heteroatoms. The normalized spacial score (nSPS) is 15.0. The van der Waals surface area contributed by atoms with Crippen LogP contribution in [0.5, 0.6) is 5.88 Å². The summed E-state index contributed by atoms with van der Waals surface area (Å²) in [5.41, 5.74) is -1.11. The Kier molecular flexibility index (Phi) is 4.54. The van der Waals surface area contributed by atoms with E-state index >= 15 is 0 Å². The molecule has 0 spiro atoms. The molecule has 3 heterocycles. The third kappa shape index (κ3) is 3.42. The molecule has 1 aliphatic rings. The van der Waals surface area contributed by atoms with Crippen LogP contribution in [0.3, 0.4) is 0 Å². The van der Waals surface area contributed by atoms with Crippen molar-refractivity contribution in [3.05, 3.63) is 34.4 Å². The van der Waals surface area contributed by atoms with Gasteiger partial charge in [0.1, 0.15) is 5.69 Å². The maximum Gasteiger partial charge on any atom is 0.280 e. The molecule has 0 atom stereocenters. The average molecular weight is 338 g/mol. The third-order valence-electron chi connectivity index (χ3n) is 3.66. The second-order valence-corrected chi connectivity index (χ2v) is 5.17. The van der Waals surface area contributed by atoms with Crippen LogP contribution in [-0.4, -0.2) is 53.2 Å². The zero-order valence-corrected chi connectivity index (χ0v) is 12.9. The van der Waals surface area contributed by atoms with Crippen molar-refractivity contribution in [3.8, 4) is 5.88 Å². The summed E-state index contributed by atoms with van der Waals surface area (Å²) in [5.74, 6) is 1.17. The predicted molar refractivity (Wildman–Crippen MR) is 82.8 cm³/mol. The van der Waals surface area contributed by atoms with Gasteiger partial charge in [-0.1, -0.05) is 0 Å². The molecule has 8 nitrogen and oxygen atoms in total. The van der Waals surface area contributed by atoms with Crippen LogP contribution in [0.15, 0.2) is 23.1 Å². The highest BCUT2D eigenvalue weighted by Gasteiger charge is 2.22. The van der Waals surface area contributed by atoms with E-state index < -0.39 is 17.7 Å². The minimum atomic E-state index is -2.78. The molecule has 128 valence electrons. The number of H-pyrrole nitrogens is 1. The van der Waals surface area contributed by atoms with Gasteiger partial charge in [0.2, 0.25) is 17.8 Å². The highest BCUT2D eigenvalue weighted by molar-refractivity contribution is 5.38. The number of nitrogens with zero attached hydrogens (tertiary/aromatic N) is 5. The van der Waals surface area contributed by atoms with E-state index in [1.165, 1.54) is 7.11 Å². The summed E-state index contributed by atoms with van der Waals surface area (Å²) >= 11 is 0. The second kappa shape index (κ2) is 6.77. The van der Waals surface area contributed by atoms with Crippen LogP contribution in [0.4, 0.5) is 20.7 Å². The minimum Gasteiger partial charge on any atom is -0.481 e. The number of methoxy groups -OCH3 is 1. The Morgan fingerprint density at radius 2 is 1.92 bits per heavy atom. The van der Waals surface area contributed by atoms with Gasteiger partial charge in [-0.3, -0.25) is 9.78 Å². The molecule has 0 radical (unpaired) electrons. The Morgan fingerprint density at radius 1 is 1.21 bits per heavy atom. The number of nitrogens with one attached hydrogen (secondary N) is 1. The van der Waals surface area contributed by atoms with Gasteiger partial charge in [-0.2, -0.15) is 4.98 Å². The van der Waals surface area contributed by atoms with Crippen LogP contribution in [0, 0.1) is 0 Å². The Labute approximate surface area is 136 Å². The van der Waals surface area contributed by atoms with Gasteiger partial charge >= 0.3 is 0 Å². The van der Waals surface area contributed by atoms with Gasteiger partial charge in [-0.15, -0.1) is 0 Å². The van der Waals surface area contributed by atoms with E-state index in [4.69, 9.17) is 4.74 Å². The van der Waals surface area contributed by atoms with Crippen molar-refractivity contribution in [2.45, 2.75) is 6.43 Å². The molecule has 0 saturated carbocycles. The number of aromatic amines is 1. The molecule has 1 aliphatic heterocycles. The monoisotopic (exact) mass is 338 g/mol. The number of aromatic nitrogens is 4. The number of alkyl halides is 2. The molecule has 0 aromatic carbocycles. The van der Waals surface area contributed by atoms with Crippen molar-refractivity contribution in [2.24, 2.45) is 0 Å². The first-order chi connectivity index (χ1) is 11.6. The molecular formula is C14H16F2N6O2. The number of ether oxygens (including phenoxy) is 1. The minimum absolute atomic E-state index is 0.156. The summed E-state index contributed by atoms with van der Waals surface area (Å²) in [6.07, 6.45) is -1.17. The van der Waals surface area contributed by atoms with Crippen LogP contribution in [0.25, 0.3) is 0 Å². The predicted octanol–water partition coefficient (Wildman–Crippen LogP) is 0.833. The smallest absolute Gasteiger partial charge is 0.280 e. The summed E-state index contributed by atoms with van der Waals surface area (Å²) in [5, 5.41) is 0. The van der Waals surface area contributed by atoms with E-state index in [-0.39, 0.29) is 5.95 Å². The molecule has 1 fully saturated rings. The number of anilines is 2. The SMILES string of the molecule is COc1ccnc(N2CCN(c3nc(C(F)F)cc(=O)[nH]3)CC2)n1. The Morgan fingerprint density at radius 3 is 2.58 bits per heavy atom. The van der Waals surface area contributed by atoms with Gasteiger partial charge in [-0.25, -0.2) is 18.7 Å². The van der Waals surface area contributed by atoms with Crippen LogP contribution in [0.1, 0.15) is 12.1 Å². The molecule has 2 aromatic heterocycles. The van der Waals surface area contributed by atoms with E-state index in [1.807, 2.05) is 4.90 Å². The summed E-state index contributed by atoms with van der Waals surface area (Å²) in [4.78, 5) is 30.0. The molecule has 0 unspecified atom stereocenters. The molecule has 3 rings (SSSR count). The number of hydrogen-bond acceptors (Lipinski definition) is 7. The highest BCUT2D eigenvalue weighted by atomic mass is 19.3. The summed E-state index contributed by atoms with van der Waals surface area (Å²) < 4.78 is 30.6. The number of hydrogen-bond donors (Lipinski definition) is 1. The van der Waals surface area contributed by atoms with E-state index in [9.17, 15) is 13.6 Å². The molecule has 0 aliphatic carbocycles. The van der Waals surface area contributed by atoms with Crippen LogP contribution in [-0.2, 0) is 0 Å². The first-order valence-corrected chi connectivity index (χ1v) is 7.33. The lowest BCUT2D eigenvalue weighted by Crippen LogP contribution is -2.48. The van der Waals surface area contributed by atoms with Gasteiger partial charge in [0.15, 0.2) is 0 Å². The fourth-order valence-electron chi connectivity index (χ4n) is 2.44. The average Bonchev–Trinajstić information content (AvgIpc) is 2.61. The maximum absolute atomic E-state index is 12.8. The van der Waals surface area contributed by atoms with Gasteiger partial charge in [0.25, 0.3) is 12.0 Å². The number of rotatable bonds is 4. The van der Waals surface area contributed by atoms with Crippen molar-refractivity contribution in [3.63, 3.8) is 0 Å². The standard InChI is InChI=1S/C14H16F2N6O2/c1-24-11-2-3-17-13(20-11)21-4-6-22(7-5-21)14-18-9(12(15)16)8-10(23)19-14/h2-3,8,12H,4-7H2,1H3,(H,18,19,23). The zero-order valence-electron chi connectivity index (χ0n) is 12.9. The number of halogens is 2. The lowest BCUT2D eigenvalue weighted by Gasteiger charge is -2.35. The van der Waals surface area contributed by atoms with Gasteiger partial charge in [-0.05, 0) is 0 Å². The first kappa shape index (κ1) is 16.1. The van der Waals surface area contributed by atoms with Crippen molar-refractivity contribution in [1.82, 2.24) is 19.9 Å². The Bertz CT molecular complexity index is 761. The fraction of sp³-hybridized carbons (Fsp3) is 0.429. The van der Waals surface area contributed by atoms with Gasteiger partial charge in [0, 0.05) is 44.5 Å². The molecule has 1 N–H and O–H groups in total. The van der Waals surface area contributed by atoms with E-state index in [2.05, 4.69) is 19.9 Å². The Balaban J connectivity index is 1.72. The largest absolute Gasteiger partial charge is 0.481 e. The van der Waals surface area contributed by atoms with Crippen LogP contribution < -0.4 is 20.1 Å². The molecular weight excluding hydrogens is 322 g/mol. The highest BCUT2D eigenvalue weighted by Crippen LogP contribution is 2.19. The van der Waals surface area contributed by atoms with E-state index in [0.717, 1.165) is 6.07 Å². The molecule has 24 heavy (non-hydrogen) atoms. The lowest BCUT2D eigenvalue weighted by atomic mass is 10.3. The van der Waals surface area contributed by atoms with Gasteiger partial charge < -0.3 is 14.5 Å². The van der Waals surface area contributed by atoms with Crippen molar-refractivity contribution in [2.75, 3.05) is 43.1 Å². The van der Waals surface area contributed by atoms with Crippen LogP contribution in [0.2, 0.25) is 0 Å². The van der Waals surface area contributed by atoms with E-state index in [0.29, 0.717) is 38.0 Å². The first-order valence-electron chi connectivity index (χ1n) is 7.33. The molecule has 2 aromatic rings. The zero-order chi connectivity index (χ0) is 17.1.